The molecule has 2 amide bonds. The van der Waals surface area contributed by atoms with Crippen LogP contribution in [0.2, 0.25) is 0 Å². The molecular weight excluding hydrogens is 268 g/mol. The minimum Gasteiger partial charge on any atom is -0.355 e. The van der Waals surface area contributed by atoms with Gasteiger partial charge < -0.3 is 10.6 Å². The Labute approximate surface area is 125 Å². The molecule has 6 nitrogen and oxygen atoms in total. The van der Waals surface area contributed by atoms with E-state index in [4.69, 9.17) is 0 Å². The van der Waals surface area contributed by atoms with Gasteiger partial charge in [-0.05, 0) is 32.3 Å². The lowest BCUT2D eigenvalue weighted by atomic mass is 9.98. The zero-order valence-electron chi connectivity index (χ0n) is 13.0. The van der Waals surface area contributed by atoms with E-state index in [0.717, 1.165) is 17.9 Å². The van der Waals surface area contributed by atoms with Gasteiger partial charge in [0.2, 0.25) is 11.8 Å². The highest BCUT2D eigenvalue weighted by molar-refractivity contribution is 5.83. The lowest BCUT2D eigenvalue weighted by Gasteiger charge is -2.22. The summed E-state index contributed by atoms with van der Waals surface area (Å²) in [5, 5.41) is 10.2. The lowest BCUT2D eigenvalue weighted by molar-refractivity contribution is -0.129. The third-order valence-corrected chi connectivity index (χ3v) is 3.85. The largest absolute Gasteiger partial charge is 0.355 e. The summed E-state index contributed by atoms with van der Waals surface area (Å²) >= 11 is 0. The van der Waals surface area contributed by atoms with Crippen LogP contribution in [0.5, 0.6) is 0 Å². The summed E-state index contributed by atoms with van der Waals surface area (Å²) in [5.41, 5.74) is 2.15. The molecule has 0 spiro atoms. The Balaban J connectivity index is 1.75. The zero-order valence-corrected chi connectivity index (χ0v) is 13.0. The Morgan fingerprint density at radius 1 is 1.57 bits per heavy atom. The predicted octanol–water partition coefficient (Wildman–Crippen LogP) is 0.778. The van der Waals surface area contributed by atoms with Crippen molar-refractivity contribution in [1.82, 2.24) is 20.4 Å². The van der Waals surface area contributed by atoms with Crippen LogP contribution in [-0.2, 0) is 16.1 Å². The van der Waals surface area contributed by atoms with Gasteiger partial charge in [-0.25, -0.2) is 0 Å². The summed E-state index contributed by atoms with van der Waals surface area (Å²) in [7, 11) is 0. The maximum atomic E-state index is 12.0. The van der Waals surface area contributed by atoms with Gasteiger partial charge in [0.05, 0.1) is 11.6 Å². The molecule has 0 saturated carbocycles. The van der Waals surface area contributed by atoms with Crippen LogP contribution in [0.3, 0.4) is 0 Å². The first-order valence-corrected chi connectivity index (χ1v) is 7.51. The summed E-state index contributed by atoms with van der Waals surface area (Å²) < 4.78 is 1.98. The van der Waals surface area contributed by atoms with E-state index in [1.807, 2.05) is 18.5 Å². The number of rotatable bonds is 5. The van der Waals surface area contributed by atoms with E-state index in [1.165, 1.54) is 0 Å². The Morgan fingerprint density at radius 2 is 2.33 bits per heavy atom. The van der Waals surface area contributed by atoms with E-state index in [-0.39, 0.29) is 17.7 Å². The first-order valence-electron chi connectivity index (χ1n) is 7.51. The monoisotopic (exact) mass is 292 g/mol. The number of aromatic nitrogens is 2. The Morgan fingerprint density at radius 3 is 2.90 bits per heavy atom. The van der Waals surface area contributed by atoms with Gasteiger partial charge in [0.15, 0.2) is 0 Å². The molecule has 1 fully saturated rings. The van der Waals surface area contributed by atoms with Crippen molar-refractivity contribution in [3.63, 3.8) is 0 Å². The number of amides is 2. The molecule has 1 saturated heterocycles. The van der Waals surface area contributed by atoms with Crippen molar-refractivity contribution in [3.05, 3.63) is 17.5 Å². The molecule has 1 aromatic heterocycles. The summed E-state index contributed by atoms with van der Waals surface area (Å²) in [6.45, 7) is 7.99. The number of carbonyl (C=O) groups is 2. The molecule has 116 valence electrons. The van der Waals surface area contributed by atoms with Crippen molar-refractivity contribution < 1.29 is 9.59 Å². The molecule has 1 aliphatic rings. The van der Waals surface area contributed by atoms with Gasteiger partial charge in [-0.15, -0.1) is 0 Å². The molecule has 1 aliphatic heterocycles. The smallest absolute Gasteiger partial charge is 0.224 e. The van der Waals surface area contributed by atoms with Crippen molar-refractivity contribution in [3.8, 4) is 0 Å². The van der Waals surface area contributed by atoms with Crippen molar-refractivity contribution in [1.29, 1.82) is 0 Å². The van der Waals surface area contributed by atoms with Gasteiger partial charge >= 0.3 is 0 Å². The van der Waals surface area contributed by atoms with Gasteiger partial charge in [0, 0.05) is 31.7 Å². The molecule has 0 radical (unpaired) electrons. The molecule has 21 heavy (non-hydrogen) atoms. The van der Waals surface area contributed by atoms with Crippen molar-refractivity contribution in [2.75, 3.05) is 13.1 Å². The maximum Gasteiger partial charge on any atom is 0.224 e. The summed E-state index contributed by atoms with van der Waals surface area (Å²) in [5.74, 6) is 0.292. The third kappa shape index (κ3) is 4.31. The second kappa shape index (κ2) is 6.74. The maximum absolute atomic E-state index is 12.0. The normalized spacial score (nSPS) is 20.0. The Hall–Kier alpha value is -1.85. The van der Waals surface area contributed by atoms with Crippen LogP contribution in [-0.4, -0.2) is 34.7 Å². The fourth-order valence-electron chi connectivity index (χ4n) is 2.60. The van der Waals surface area contributed by atoms with E-state index in [9.17, 15) is 9.59 Å². The minimum atomic E-state index is -0.0939. The highest BCUT2D eigenvalue weighted by atomic mass is 16.2. The fourth-order valence-corrected chi connectivity index (χ4v) is 2.60. The van der Waals surface area contributed by atoms with Crippen LogP contribution < -0.4 is 10.6 Å². The molecule has 2 rings (SSSR count). The van der Waals surface area contributed by atoms with E-state index in [1.54, 1.807) is 0 Å². The number of carbonyl (C=O) groups excluding carboxylic acids is 2. The Bertz CT molecular complexity index is 514. The number of aryl methyl sites for hydroxylation is 2. The minimum absolute atomic E-state index is 0.0372. The van der Waals surface area contributed by atoms with Crippen molar-refractivity contribution >= 4 is 11.8 Å². The molecule has 2 N–H and O–H groups in total. The SMILES string of the molecule is Cc1cc(C)n(C[C@H](C)CNC(=O)[C@H]2CCC(=O)NC2)n1. The third-order valence-electron chi connectivity index (χ3n) is 3.85. The van der Waals surface area contributed by atoms with Gasteiger partial charge in [0.25, 0.3) is 0 Å². The second-order valence-corrected chi connectivity index (χ2v) is 6.00. The molecule has 1 aromatic rings. The topological polar surface area (TPSA) is 76.0 Å². The predicted molar refractivity (Wildman–Crippen MR) is 79.6 cm³/mol. The number of hydrogen-bond donors (Lipinski definition) is 2. The van der Waals surface area contributed by atoms with Crippen molar-refractivity contribution in [2.24, 2.45) is 11.8 Å². The first kappa shape index (κ1) is 15.5. The first-order chi connectivity index (χ1) is 9.95. The van der Waals surface area contributed by atoms with E-state index in [2.05, 4.69) is 28.7 Å². The number of piperidine rings is 1. The standard InChI is InChI=1S/C15H24N4O2/c1-10(9-19-12(3)6-11(2)18-19)7-17-15(21)13-4-5-14(20)16-8-13/h6,10,13H,4-5,7-9H2,1-3H3,(H,16,20)(H,17,21)/t10-,13+/m1/s1. The van der Waals surface area contributed by atoms with Crippen LogP contribution >= 0.6 is 0 Å². The van der Waals surface area contributed by atoms with Crippen LogP contribution in [0.15, 0.2) is 6.07 Å². The van der Waals surface area contributed by atoms with Gasteiger partial charge in [-0.1, -0.05) is 6.92 Å². The molecule has 0 bridgehead atoms. The number of nitrogens with one attached hydrogen (secondary N) is 2. The fraction of sp³-hybridized carbons (Fsp3) is 0.667. The van der Waals surface area contributed by atoms with Crippen LogP contribution in [0.25, 0.3) is 0 Å². The summed E-state index contributed by atoms with van der Waals surface area (Å²) in [4.78, 5) is 23.1. The van der Waals surface area contributed by atoms with Crippen LogP contribution in [0, 0.1) is 25.7 Å². The average molecular weight is 292 g/mol. The number of hydrogen-bond acceptors (Lipinski definition) is 3. The van der Waals surface area contributed by atoms with Crippen LogP contribution in [0.1, 0.15) is 31.2 Å². The van der Waals surface area contributed by atoms with E-state index < -0.39 is 0 Å². The van der Waals surface area contributed by atoms with Gasteiger partial charge in [-0.3, -0.25) is 14.3 Å². The molecular formula is C15H24N4O2. The molecule has 2 atom stereocenters. The lowest BCUT2D eigenvalue weighted by Crippen LogP contribution is -2.44. The van der Waals surface area contributed by atoms with Gasteiger partial charge in [-0.2, -0.15) is 5.10 Å². The molecule has 2 heterocycles. The quantitative estimate of drug-likeness (QED) is 0.842. The van der Waals surface area contributed by atoms with Gasteiger partial charge in [0.1, 0.15) is 0 Å². The van der Waals surface area contributed by atoms with E-state index in [0.29, 0.717) is 31.8 Å². The zero-order chi connectivity index (χ0) is 15.4. The number of nitrogens with zero attached hydrogens (tertiary/aromatic N) is 2. The molecule has 0 aromatic carbocycles. The molecule has 6 heteroatoms. The Kier molecular flexibility index (Phi) is 4.98. The summed E-state index contributed by atoms with van der Waals surface area (Å²) in [6.07, 6.45) is 1.09. The molecule has 0 aliphatic carbocycles. The summed E-state index contributed by atoms with van der Waals surface area (Å²) in [6, 6.07) is 2.05. The second-order valence-electron chi connectivity index (χ2n) is 6.00. The highest BCUT2D eigenvalue weighted by Crippen LogP contribution is 2.11. The highest BCUT2D eigenvalue weighted by Gasteiger charge is 2.24. The van der Waals surface area contributed by atoms with Crippen molar-refractivity contribution in [2.45, 2.75) is 40.2 Å². The van der Waals surface area contributed by atoms with E-state index >= 15 is 0 Å². The molecule has 0 unspecified atom stereocenters. The average Bonchev–Trinajstić information content (AvgIpc) is 2.75. The van der Waals surface area contributed by atoms with Crippen LogP contribution in [0.4, 0.5) is 0 Å².